The van der Waals surface area contributed by atoms with Crippen molar-refractivity contribution in [2.24, 2.45) is 0 Å². The Balaban J connectivity index is 0. The first kappa shape index (κ1) is 16.8. The summed E-state index contributed by atoms with van der Waals surface area (Å²) in [5.74, 6) is 0. The minimum atomic E-state index is 0. The van der Waals surface area contributed by atoms with Crippen LogP contribution in [0.2, 0.25) is 0 Å². The average Bonchev–Trinajstić information content (AvgIpc) is 1.99. The predicted molar refractivity (Wildman–Crippen MR) is 76.4 cm³/mol. The van der Waals surface area contributed by atoms with Gasteiger partial charge in [-0.2, -0.15) is 0 Å². The van der Waals surface area contributed by atoms with E-state index in [4.69, 9.17) is 0 Å². The lowest BCUT2D eigenvalue weighted by molar-refractivity contribution is 0.930. The third kappa shape index (κ3) is 6.01. The summed E-state index contributed by atoms with van der Waals surface area (Å²) in [6.07, 6.45) is 3.69. The maximum absolute atomic E-state index is 2.77. The smallest absolute Gasteiger partial charge is 0.0275 e. The monoisotopic (exact) mass is 296 g/mol. The van der Waals surface area contributed by atoms with Crippen molar-refractivity contribution in [1.29, 1.82) is 0 Å². The van der Waals surface area contributed by atoms with Gasteiger partial charge in [0.05, 0.1) is 0 Å². The van der Waals surface area contributed by atoms with E-state index in [2.05, 4.69) is 41.3 Å². The second kappa shape index (κ2) is 8.71. The minimum Gasteiger partial charge on any atom is -0.147 e. The molecule has 3 heteroatoms. The summed E-state index contributed by atoms with van der Waals surface area (Å²) in [5, 5.41) is 0. The molecule has 0 bridgehead atoms. The molecule has 0 nitrogen and oxygen atoms in total. The molecule has 82 valence electrons. The van der Waals surface area contributed by atoms with Gasteiger partial charge in [0, 0.05) is 0 Å². The molecule has 0 heterocycles. The highest BCUT2D eigenvalue weighted by Crippen LogP contribution is 2.11. The number of halogens is 2. The Labute approximate surface area is 106 Å². The van der Waals surface area contributed by atoms with Crippen molar-refractivity contribution in [2.75, 3.05) is 6.16 Å². The molecular formula is C11H19BrClP. The maximum Gasteiger partial charge on any atom is -0.0275 e. The maximum atomic E-state index is 2.77. The Hall–Kier alpha value is 0.420. The largest absolute Gasteiger partial charge is 0.147 e. The van der Waals surface area contributed by atoms with E-state index in [0.29, 0.717) is 0 Å². The number of aryl methyl sites for hydroxylation is 3. The Bertz CT molecular complexity index is 243. The van der Waals surface area contributed by atoms with E-state index < -0.39 is 0 Å². The fraction of sp³-hybridized carbons (Fsp3) is 0.455. The van der Waals surface area contributed by atoms with Gasteiger partial charge in [0.1, 0.15) is 0 Å². The highest BCUT2D eigenvalue weighted by molar-refractivity contribution is 8.93. The van der Waals surface area contributed by atoms with E-state index in [1.54, 1.807) is 0 Å². The van der Waals surface area contributed by atoms with Crippen LogP contribution in [0.1, 0.15) is 23.1 Å². The Morgan fingerprint density at radius 2 is 1.57 bits per heavy atom. The van der Waals surface area contributed by atoms with Crippen LogP contribution in [-0.2, 0) is 6.42 Å². The van der Waals surface area contributed by atoms with Crippen LogP contribution in [0.5, 0.6) is 0 Å². The van der Waals surface area contributed by atoms with Gasteiger partial charge in [-0.15, -0.1) is 38.6 Å². The topological polar surface area (TPSA) is 0 Å². The summed E-state index contributed by atoms with van der Waals surface area (Å²) >= 11 is 0. The Morgan fingerprint density at radius 1 is 1.07 bits per heavy atom. The van der Waals surface area contributed by atoms with Gasteiger partial charge in [-0.1, -0.05) is 29.3 Å². The van der Waals surface area contributed by atoms with Crippen molar-refractivity contribution in [1.82, 2.24) is 0 Å². The summed E-state index contributed by atoms with van der Waals surface area (Å²) in [6.45, 7) is 4.33. The van der Waals surface area contributed by atoms with Gasteiger partial charge >= 0.3 is 0 Å². The summed E-state index contributed by atoms with van der Waals surface area (Å²) in [7, 11) is 2.77. The van der Waals surface area contributed by atoms with Crippen LogP contribution >= 0.6 is 38.6 Å². The van der Waals surface area contributed by atoms with Crippen molar-refractivity contribution >= 4 is 38.6 Å². The molecule has 1 aromatic rings. The molecule has 0 amide bonds. The number of hydrogen-bond donors (Lipinski definition) is 0. The van der Waals surface area contributed by atoms with Gasteiger partial charge in [-0.3, -0.25) is 0 Å². The second-order valence-corrected chi connectivity index (χ2v) is 3.97. The Kier molecular flexibility index (Phi) is 10.5. The SMILES string of the molecule is Br.Cc1cc(C)cc(CCCP)c1.Cl. The van der Waals surface area contributed by atoms with Crippen molar-refractivity contribution in [3.05, 3.63) is 34.9 Å². The van der Waals surface area contributed by atoms with E-state index in [-0.39, 0.29) is 29.4 Å². The van der Waals surface area contributed by atoms with E-state index in [0.717, 1.165) is 0 Å². The molecule has 0 aliphatic rings. The average molecular weight is 298 g/mol. The zero-order valence-electron chi connectivity index (χ0n) is 8.75. The summed E-state index contributed by atoms with van der Waals surface area (Å²) < 4.78 is 0. The van der Waals surface area contributed by atoms with Gasteiger partial charge in [0.2, 0.25) is 0 Å². The van der Waals surface area contributed by atoms with E-state index in [1.807, 2.05) is 0 Å². The van der Waals surface area contributed by atoms with Gasteiger partial charge in [0.15, 0.2) is 0 Å². The quantitative estimate of drug-likeness (QED) is 0.737. The molecular weight excluding hydrogens is 278 g/mol. The lowest BCUT2D eigenvalue weighted by Gasteiger charge is -2.03. The van der Waals surface area contributed by atoms with Crippen molar-refractivity contribution in [2.45, 2.75) is 26.7 Å². The molecule has 1 unspecified atom stereocenters. The molecule has 1 atom stereocenters. The van der Waals surface area contributed by atoms with Gasteiger partial charge in [-0.05, 0) is 38.4 Å². The van der Waals surface area contributed by atoms with Gasteiger partial charge in [-0.25, -0.2) is 0 Å². The van der Waals surface area contributed by atoms with Crippen LogP contribution in [0.25, 0.3) is 0 Å². The first-order valence-corrected chi connectivity index (χ1v) is 5.31. The number of benzene rings is 1. The van der Waals surface area contributed by atoms with Crippen molar-refractivity contribution < 1.29 is 0 Å². The van der Waals surface area contributed by atoms with Gasteiger partial charge in [0.25, 0.3) is 0 Å². The minimum absolute atomic E-state index is 0. The second-order valence-electron chi connectivity index (χ2n) is 3.39. The van der Waals surface area contributed by atoms with Crippen LogP contribution < -0.4 is 0 Å². The first-order valence-electron chi connectivity index (χ1n) is 4.49. The summed E-state index contributed by atoms with van der Waals surface area (Å²) in [6, 6.07) is 6.80. The molecule has 0 aliphatic heterocycles. The normalized spacial score (nSPS) is 8.79. The van der Waals surface area contributed by atoms with E-state index in [9.17, 15) is 0 Å². The number of rotatable bonds is 3. The van der Waals surface area contributed by atoms with E-state index >= 15 is 0 Å². The van der Waals surface area contributed by atoms with Crippen LogP contribution in [0.3, 0.4) is 0 Å². The molecule has 1 rings (SSSR count). The Morgan fingerprint density at radius 3 is 2.00 bits per heavy atom. The van der Waals surface area contributed by atoms with E-state index in [1.165, 1.54) is 35.7 Å². The molecule has 14 heavy (non-hydrogen) atoms. The van der Waals surface area contributed by atoms with Crippen LogP contribution in [0, 0.1) is 13.8 Å². The van der Waals surface area contributed by atoms with Crippen LogP contribution in [0.4, 0.5) is 0 Å². The van der Waals surface area contributed by atoms with Crippen LogP contribution in [-0.4, -0.2) is 6.16 Å². The molecule has 0 aliphatic carbocycles. The van der Waals surface area contributed by atoms with Crippen molar-refractivity contribution in [3.63, 3.8) is 0 Å². The fourth-order valence-electron chi connectivity index (χ4n) is 1.52. The molecule has 0 radical (unpaired) electrons. The molecule has 0 spiro atoms. The molecule has 0 fully saturated rings. The molecule has 0 saturated heterocycles. The molecule has 0 N–H and O–H groups in total. The highest BCUT2D eigenvalue weighted by Gasteiger charge is 1.94. The lowest BCUT2D eigenvalue weighted by atomic mass is 10.0. The number of hydrogen-bond acceptors (Lipinski definition) is 0. The zero-order chi connectivity index (χ0) is 8.97. The lowest BCUT2D eigenvalue weighted by Crippen LogP contribution is -1.88. The highest BCUT2D eigenvalue weighted by atomic mass is 79.9. The molecule has 0 aromatic heterocycles. The fourth-order valence-corrected chi connectivity index (χ4v) is 1.72. The third-order valence-corrected chi connectivity index (χ3v) is 2.36. The molecule has 0 saturated carbocycles. The molecule has 1 aromatic carbocycles. The summed E-state index contributed by atoms with van der Waals surface area (Å²) in [5.41, 5.74) is 4.25. The van der Waals surface area contributed by atoms with Crippen LogP contribution in [0.15, 0.2) is 18.2 Å². The predicted octanol–water partition coefficient (Wildman–Crippen LogP) is 4.11. The standard InChI is InChI=1S/C11H17P.BrH.ClH/c1-9-6-10(2)8-11(7-9)4-3-5-12;;/h6-8H,3-5,12H2,1-2H3;2*1H. The summed E-state index contributed by atoms with van der Waals surface area (Å²) in [4.78, 5) is 0. The third-order valence-electron chi connectivity index (χ3n) is 1.95. The van der Waals surface area contributed by atoms with Crippen molar-refractivity contribution in [3.8, 4) is 0 Å². The van der Waals surface area contributed by atoms with Gasteiger partial charge < -0.3 is 0 Å². The first-order chi connectivity index (χ1) is 5.72. The zero-order valence-corrected chi connectivity index (χ0v) is 12.4.